The van der Waals surface area contributed by atoms with Gasteiger partial charge in [0.15, 0.2) is 0 Å². The first kappa shape index (κ1) is 19.6. The smallest absolute Gasteiger partial charge is 0.237 e. The summed E-state index contributed by atoms with van der Waals surface area (Å²) in [7, 11) is 1.73. The van der Waals surface area contributed by atoms with Crippen molar-refractivity contribution in [1.29, 1.82) is 0 Å². The van der Waals surface area contributed by atoms with Gasteiger partial charge in [-0.2, -0.15) is 0 Å². The third kappa shape index (κ3) is 4.96. The molecule has 0 saturated carbocycles. The van der Waals surface area contributed by atoms with Gasteiger partial charge in [-0.3, -0.25) is 9.69 Å². The van der Waals surface area contributed by atoms with Crippen molar-refractivity contribution in [1.82, 2.24) is 15.5 Å². The van der Waals surface area contributed by atoms with E-state index < -0.39 is 0 Å². The number of carbonyl (C=O) groups is 1. The van der Waals surface area contributed by atoms with Gasteiger partial charge >= 0.3 is 0 Å². The average Bonchev–Trinajstić information content (AvgIpc) is 3.08. The molecule has 4 nitrogen and oxygen atoms in total. The Balaban J connectivity index is 1.86. The Bertz CT molecular complexity index is 677. The van der Waals surface area contributed by atoms with E-state index in [9.17, 15) is 4.79 Å². The number of amides is 1. The molecule has 0 spiro atoms. The Labute approximate surface area is 163 Å². The normalized spacial score (nSPS) is 20.3. The van der Waals surface area contributed by atoms with Crippen molar-refractivity contribution >= 4 is 5.91 Å². The van der Waals surface area contributed by atoms with E-state index >= 15 is 0 Å². The van der Waals surface area contributed by atoms with E-state index in [-0.39, 0.29) is 17.9 Å². The lowest BCUT2D eigenvalue weighted by atomic mass is 9.90. The van der Waals surface area contributed by atoms with Crippen LogP contribution in [0.25, 0.3) is 0 Å². The number of nitrogens with one attached hydrogen (secondary N) is 2. The largest absolute Gasteiger partial charge is 0.358 e. The Morgan fingerprint density at radius 1 is 1.04 bits per heavy atom. The van der Waals surface area contributed by atoms with E-state index in [4.69, 9.17) is 0 Å². The number of carbonyl (C=O) groups excluding carboxylic acids is 1. The fourth-order valence-corrected chi connectivity index (χ4v) is 4.15. The lowest BCUT2D eigenvalue weighted by molar-refractivity contribution is -0.125. The zero-order valence-corrected chi connectivity index (χ0v) is 16.6. The predicted octanol–water partition coefficient (Wildman–Crippen LogP) is 3.01. The molecule has 1 saturated heterocycles. The van der Waals surface area contributed by atoms with Gasteiger partial charge in [0, 0.05) is 38.1 Å². The second-order valence-electron chi connectivity index (χ2n) is 7.71. The average molecular weight is 366 g/mol. The zero-order valence-electron chi connectivity index (χ0n) is 16.6. The fourth-order valence-electron chi connectivity index (χ4n) is 4.15. The summed E-state index contributed by atoms with van der Waals surface area (Å²) in [6, 6.07) is 21.9. The lowest BCUT2D eigenvalue weighted by Crippen LogP contribution is -2.43. The Morgan fingerprint density at radius 2 is 1.59 bits per heavy atom. The van der Waals surface area contributed by atoms with Crippen molar-refractivity contribution < 1.29 is 4.79 Å². The molecule has 1 fully saturated rings. The minimum Gasteiger partial charge on any atom is -0.358 e. The number of likely N-dealkylation sites (N-methyl/N-ethyl adjacent to an activating group) is 1. The first-order valence-corrected chi connectivity index (χ1v) is 9.90. The standard InChI is InChI=1S/C23H31N3O/c1-17(2)25-20-14-22(23(27)24-3)26(15-20)16-21(18-10-6-4-7-11-18)19-12-8-5-9-13-19/h4-13,17,20-22,25H,14-16H2,1-3H3,(H,24,27)/t20-,22-/m0/s1. The highest BCUT2D eigenvalue weighted by molar-refractivity contribution is 5.81. The molecule has 0 aliphatic carbocycles. The van der Waals surface area contributed by atoms with Gasteiger partial charge in [0.1, 0.15) is 0 Å². The highest BCUT2D eigenvalue weighted by atomic mass is 16.2. The first-order valence-electron chi connectivity index (χ1n) is 9.90. The Hall–Kier alpha value is -2.17. The number of hydrogen-bond donors (Lipinski definition) is 2. The van der Waals surface area contributed by atoms with Crippen molar-refractivity contribution in [2.75, 3.05) is 20.1 Å². The van der Waals surface area contributed by atoms with E-state index in [1.165, 1.54) is 11.1 Å². The van der Waals surface area contributed by atoms with Crippen molar-refractivity contribution in [3.05, 3.63) is 71.8 Å². The van der Waals surface area contributed by atoms with Crippen LogP contribution in [-0.4, -0.2) is 49.1 Å². The lowest BCUT2D eigenvalue weighted by Gasteiger charge is -2.28. The van der Waals surface area contributed by atoms with E-state index in [0.717, 1.165) is 19.5 Å². The molecule has 3 rings (SSSR count). The van der Waals surface area contributed by atoms with Crippen LogP contribution < -0.4 is 10.6 Å². The van der Waals surface area contributed by atoms with Gasteiger partial charge in [-0.1, -0.05) is 74.5 Å². The van der Waals surface area contributed by atoms with Crippen molar-refractivity contribution in [3.63, 3.8) is 0 Å². The molecule has 4 heteroatoms. The number of rotatable bonds is 7. The minimum atomic E-state index is -0.0822. The molecule has 1 aliphatic rings. The molecule has 1 amide bonds. The van der Waals surface area contributed by atoms with E-state index in [2.05, 4.69) is 90.0 Å². The third-order valence-electron chi connectivity index (χ3n) is 5.34. The summed E-state index contributed by atoms with van der Waals surface area (Å²) in [6.07, 6.45) is 0.855. The topological polar surface area (TPSA) is 44.4 Å². The van der Waals surface area contributed by atoms with Gasteiger partial charge < -0.3 is 10.6 Å². The quantitative estimate of drug-likeness (QED) is 0.793. The summed E-state index contributed by atoms with van der Waals surface area (Å²) in [4.78, 5) is 14.9. The number of benzene rings is 2. The highest BCUT2D eigenvalue weighted by Crippen LogP contribution is 2.29. The van der Waals surface area contributed by atoms with E-state index in [1.54, 1.807) is 7.05 Å². The summed E-state index contributed by atoms with van der Waals surface area (Å²) in [5.74, 6) is 0.361. The molecular formula is C23H31N3O. The third-order valence-corrected chi connectivity index (χ3v) is 5.34. The predicted molar refractivity (Wildman–Crippen MR) is 111 cm³/mol. The number of likely N-dealkylation sites (tertiary alicyclic amines) is 1. The molecule has 2 aromatic carbocycles. The molecule has 1 heterocycles. The molecule has 144 valence electrons. The zero-order chi connectivity index (χ0) is 19.2. The van der Waals surface area contributed by atoms with E-state index in [0.29, 0.717) is 12.1 Å². The molecule has 1 aliphatic heterocycles. The van der Waals surface area contributed by atoms with Crippen molar-refractivity contribution in [3.8, 4) is 0 Å². The van der Waals surface area contributed by atoms with Gasteiger partial charge in [0.25, 0.3) is 0 Å². The number of nitrogens with zero attached hydrogens (tertiary/aromatic N) is 1. The van der Waals surface area contributed by atoms with Gasteiger partial charge in [-0.15, -0.1) is 0 Å². The molecule has 2 N–H and O–H groups in total. The second-order valence-corrected chi connectivity index (χ2v) is 7.71. The molecule has 0 unspecified atom stereocenters. The summed E-state index contributed by atoms with van der Waals surface area (Å²) < 4.78 is 0. The van der Waals surface area contributed by atoms with Crippen LogP contribution in [0.15, 0.2) is 60.7 Å². The fraction of sp³-hybridized carbons (Fsp3) is 0.435. The van der Waals surface area contributed by atoms with Crippen molar-refractivity contribution in [2.45, 2.75) is 44.3 Å². The minimum absolute atomic E-state index is 0.0822. The van der Waals surface area contributed by atoms with Gasteiger partial charge in [-0.25, -0.2) is 0 Å². The van der Waals surface area contributed by atoms with Crippen molar-refractivity contribution in [2.24, 2.45) is 0 Å². The molecule has 2 aromatic rings. The maximum absolute atomic E-state index is 12.5. The van der Waals surface area contributed by atoms with Gasteiger partial charge in [0.05, 0.1) is 6.04 Å². The summed E-state index contributed by atoms with van der Waals surface area (Å²) in [6.45, 7) is 6.05. The molecule has 27 heavy (non-hydrogen) atoms. The van der Waals surface area contributed by atoms with Gasteiger partial charge in [-0.05, 0) is 17.5 Å². The molecule has 2 atom stereocenters. The van der Waals surface area contributed by atoms with Crippen LogP contribution in [0.3, 0.4) is 0 Å². The van der Waals surface area contributed by atoms with Crippen LogP contribution in [-0.2, 0) is 4.79 Å². The molecule has 0 radical (unpaired) electrons. The monoisotopic (exact) mass is 365 g/mol. The Morgan fingerprint density at radius 3 is 2.07 bits per heavy atom. The maximum Gasteiger partial charge on any atom is 0.237 e. The number of hydrogen-bond acceptors (Lipinski definition) is 3. The van der Waals surface area contributed by atoms with E-state index in [1.807, 2.05) is 0 Å². The summed E-state index contributed by atoms with van der Waals surface area (Å²) in [5.41, 5.74) is 2.58. The SMILES string of the molecule is CNC(=O)[C@@H]1C[C@H](NC(C)C)CN1CC(c1ccccc1)c1ccccc1. The van der Waals surface area contributed by atoms with Crippen LogP contribution in [0.1, 0.15) is 37.3 Å². The highest BCUT2D eigenvalue weighted by Gasteiger charge is 2.37. The first-order chi connectivity index (χ1) is 13.1. The van der Waals surface area contributed by atoms with Gasteiger partial charge in [0.2, 0.25) is 5.91 Å². The van der Waals surface area contributed by atoms with Crippen LogP contribution in [0.4, 0.5) is 0 Å². The van der Waals surface area contributed by atoms with Crippen LogP contribution >= 0.6 is 0 Å². The molecule has 0 bridgehead atoms. The van der Waals surface area contributed by atoms with Crippen LogP contribution in [0.5, 0.6) is 0 Å². The Kier molecular flexibility index (Phi) is 6.64. The second kappa shape index (κ2) is 9.16. The molecular weight excluding hydrogens is 334 g/mol. The summed E-state index contributed by atoms with van der Waals surface area (Å²) in [5, 5.41) is 6.47. The van der Waals surface area contributed by atoms with Crippen LogP contribution in [0.2, 0.25) is 0 Å². The maximum atomic E-state index is 12.5. The van der Waals surface area contributed by atoms with Crippen LogP contribution in [0, 0.1) is 0 Å². The summed E-state index contributed by atoms with van der Waals surface area (Å²) >= 11 is 0. The molecule has 0 aromatic heterocycles.